The highest BCUT2D eigenvalue weighted by atomic mass is 35.5. The average molecular weight is 358 g/mol. The van der Waals surface area contributed by atoms with Gasteiger partial charge in [-0.2, -0.15) is 0 Å². The Bertz CT molecular complexity index is 977. The molecule has 1 heterocycles. The number of anilines is 1. The molecule has 1 amide bonds. The van der Waals surface area contributed by atoms with E-state index in [9.17, 15) is 9.59 Å². The lowest BCUT2D eigenvalue weighted by molar-refractivity contribution is 0.102. The summed E-state index contributed by atoms with van der Waals surface area (Å²) < 4.78 is 10.8. The van der Waals surface area contributed by atoms with Crippen molar-refractivity contribution in [1.29, 1.82) is 0 Å². The predicted octanol–water partition coefficient (Wildman–Crippen LogP) is 4.49. The Labute approximate surface area is 149 Å². The molecule has 0 bridgehead atoms. The van der Waals surface area contributed by atoms with Crippen LogP contribution in [-0.2, 0) is 0 Å². The van der Waals surface area contributed by atoms with E-state index in [-0.39, 0.29) is 11.7 Å². The second kappa shape index (κ2) is 6.99. The second-order valence-electron chi connectivity index (χ2n) is 5.76. The Kier molecular flexibility index (Phi) is 4.76. The summed E-state index contributed by atoms with van der Waals surface area (Å²) in [5.74, 6) is 0.165. The maximum absolute atomic E-state index is 12.6. The minimum Gasteiger partial charge on any atom is -0.491 e. The monoisotopic (exact) mass is 357 g/mol. The first-order valence-electron chi connectivity index (χ1n) is 7.74. The Morgan fingerprint density at radius 2 is 1.84 bits per heavy atom. The Morgan fingerprint density at radius 3 is 2.52 bits per heavy atom. The molecule has 0 unspecified atom stereocenters. The molecule has 3 rings (SSSR count). The fourth-order valence-corrected chi connectivity index (χ4v) is 2.53. The minimum atomic E-state index is -0.601. The molecule has 0 fully saturated rings. The highest BCUT2D eigenvalue weighted by molar-refractivity contribution is 6.30. The zero-order chi connectivity index (χ0) is 18.0. The van der Waals surface area contributed by atoms with Crippen LogP contribution in [0.25, 0.3) is 11.0 Å². The van der Waals surface area contributed by atoms with Crippen molar-refractivity contribution >= 4 is 34.2 Å². The molecule has 0 aliphatic rings. The lowest BCUT2D eigenvalue weighted by Crippen LogP contribution is -2.15. The van der Waals surface area contributed by atoms with Crippen LogP contribution in [0.3, 0.4) is 0 Å². The third kappa shape index (κ3) is 4.00. The smallest absolute Gasteiger partial charge is 0.337 e. The van der Waals surface area contributed by atoms with E-state index in [1.165, 1.54) is 6.07 Å². The van der Waals surface area contributed by atoms with Gasteiger partial charge in [0.2, 0.25) is 0 Å². The number of halogens is 1. The van der Waals surface area contributed by atoms with Gasteiger partial charge >= 0.3 is 5.63 Å². The molecular formula is C19H16ClNO4. The summed E-state index contributed by atoms with van der Waals surface area (Å²) in [7, 11) is 0. The molecule has 0 aliphatic heterocycles. The first-order valence-corrected chi connectivity index (χ1v) is 8.11. The first-order chi connectivity index (χ1) is 11.9. The van der Waals surface area contributed by atoms with E-state index >= 15 is 0 Å². The van der Waals surface area contributed by atoms with Crippen molar-refractivity contribution in [3.05, 3.63) is 69.5 Å². The van der Waals surface area contributed by atoms with Crippen molar-refractivity contribution in [1.82, 2.24) is 0 Å². The molecule has 0 atom stereocenters. The van der Waals surface area contributed by atoms with Crippen LogP contribution in [0.1, 0.15) is 24.2 Å². The zero-order valence-corrected chi connectivity index (χ0v) is 14.5. The number of hydrogen-bond acceptors (Lipinski definition) is 4. The largest absolute Gasteiger partial charge is 0.491 e. The van der Waals surface area contributed by atoms with E-state index in [1.807, 2.05) is 13.8 Å². The van der Waals surface area contributed by atoms with Crippen LogP contribution in [0.2, 0.25) is 5.02 Å². The standard InChI is InChI=1S/C19H16ClNO4/c1-11(2)24-14-7-8-15-16(10-18(22)25-17(15)9-14)19(23)21-13-5-3-12(20)4-6-13/h3-11H,1-2H3,(H,21,23). The SMILES string of the molecule is CC(C)Oc1ccc2c(C(=O)Nc3ccc(Cl)cc3)cc(=O)oc2c1. The molecule has 25 heavy (non-hydrogen) atoms. The molecule has 0 saturated carbocycles. The molecular weight excluding hydrogens is 342 g/mol. The van der Waals surface area contributed by atoms with Crippen molar-refractivity contribution in [2.45, 2.75) is 20.0 Å². The van der Waals surface area contributed by atoms with Gasteiger partial charge in [0.25, 0.3) is 5.91 Å². The molecule has 6 heteroatoms. The number of rotatable bonds is 4. The summed E-state index contributed by atoms with van der Waals surface area (Å²) in [6, 6.07) is 12.9. The number of fused-ring (bicyclic) bond motifs is 1. The summed E-state index contributed by atoms with van der Waals surface area (Å²) in [6.07, 6.45) is -0.0134. The molecule has 128 valence electrons. The lowest BCUT2D eigenvalue weighted by Gasteiger charge is -2.11. The van der Waals surface area contributed by atoms with Crippen molar-refractivity contribution < 1.29 is 13.9 Å². The summed E-state index contributed by atoms with van der Waals surface area (Å²) in [5.41, 5.74) is 0.509. The number of hydrogen-bond donors (Lipinski definition) is 1. The van der Waals surface area contributed by atoms with Crippen LogP contribution in [0.5, 0.6) is 5.75 Å². The first kappa shape index (κ1) is 17.0. The minimum absolute atomic E-state index is 0.0134. The van der Waals surface area contributed by atoms with Gasteiger partial charge in [0.05, 0.1) is 11.7 Å². The number of benzene rings is 2. The molecule has 0 radical (unpaired) electrons. The van der Waals surface area contributed by atoms with Gasteiger partial charge < -0.3 is 14.5 Å². The summed E-state index contributed by atoms with van der Waals surface area (Å²) in [6.45, 7) is 3.80. The lowest BCUT2D eigenvalue weighted by atomic mass is 10.1. The van der Waals surface area contributed by atoms with Crippen molar-refractivity contribution in [2.24, 2.45) is 0 Å². The quantitative estimate of drug-likeness (QED) is 0.699. The number of amides is 1. The van der Waals surface area contributed by atoms with Gasteiger partial charge in [-0.15, -0.1) is 0 Å². The molecule has 0 saturated heterocycles. The molecule has 0 aliphatic carbocycles. The Balaban J connectivity index is 1.98. The van der Waals surface area contributed by atoms with Crippen molar-refractivity contribution in [3.63, 3.8) is 0 Å². The fourth-order valence-electron chi connectivity index (χ4n) is 2.41. The van der Waals surface area contributed by atoms with E-state index in [4.69, 9.17) is 20.8 Å². The van der Waals surface area contributed by atoms with E-state index in [0.717, 1.165) is 0 Å². The van der Waals surface area contributed by atoms with E-state index < -0.39 is 11.5 Å². The number of carbonyl (C=O) groups is 1. The fraction of sp³-hybridized carbons (Fsp3) is 0.158. The number of nitrogens with one attached hydrogen (secondary N) is 1. The topological polar surface area (TPSA) is 68.5 Å². The summed E-state index contributed by atoms with van der Waals surface area (Å²) in [5, 5.41) is 3.84. The maximum Gasteiger partial charge on any atom is 0.337 e. The van der Waals surface area contributed by atoms with Gasteiger partial charge in [0.15, 0.2) is 0 Å². The highest BCUT2D eigenvalue weighted by Crippen LogP contribution is 2.24. The summed E-state index contributed by atoms with van der Waals surface area (Å²) >= 11 is 5.84. The van der Waals surface area contributed by atoms with Crippen molar-refractivity contribution in [3.8, 4) is 5.75 Å². The normalized spacial score (nSPS) is 10.9. The summed E-state index contributed by atoms with van der Waals surface area (Å²) in [4.78, 5) is 24.4. The van der Waals surface area contributed by atoms with Gasteiger partial charge in [0, 0.05) is 28.2 Å². The second-order valence-corrected chi connectivity index (χ2v) is 6.20. The molecule has 0 spiro atoms. The average Bonchev–Trinajstić information content (AvgIpc) is 2.55. The van der Waals surface area contributed by atoms with Gasteiger partial charge in [0.1, 0.15) is 11.3 Å². The van der Waals surface area contributed by atoms with E-state index in [1.54, 1.807) is 42.5 Å². The molecule has 1 N–H and O–H groups in total. The molecule has 2 aromatic carbocycles. The number of carbonyl (C=O) groups excluding carboxylic acids is 1. The van der Waals surface area contributed by atoms with Gasteiger partial charge in [-0.05, 0) is 50.2 Å². The predicted molar refractivity (Wildman–Crippen MR) is 97.7 cm³/mol. The zero-order valence-electron chi connectivity index (χ0n) is 13.7. The van der Waals surface area contributed by atoms with Crippen LogP contribution in [0, 0.1) is 0 Å². The third-order valence-electron chi connectivity index (χ3n) is 3.43. The van der Waals surface area contributed by atoms with Crippen LogP contribution in [0.4, 0.5) is 5.69 Å². The van der Waals surface area contributed by atoms with Crippen LogP contribution < -0.4 is 15.7 Å². The van der Waals surface area contributed by atoms with Crippen molar-refractivity contribution in [2.75, 3.05) is 5.32 Å². The van der Waals surface area contributed by atoms with E-state index in [2.05, 4.69) is 5.32 Å². The maximum atomic E-state index is 12.6. The van der Waals surface area contributed by atoms with Crippen LogP contribution in [-0.4, -0.2) is 12.0 Å². The molecule has 1 aromatic heterocycles. The number of ether oxygens (including phenoxy) is 1. The Morgan fingerprint density at radius 1 is 1.12 bits per heavy atom. The van der Waals surface area contributed by atoms with Crippen LogP contribution in [0.15, 0.2) is 57.7 Å². The van der Waals surface area contributed by atoms with Gasteiger partial charge in [-0.3, -0.25) is 4.79 Å². The third-order valence-corrected chi connectivity index (χ3v) is 3.69. The molecule has 5 nitrogen and oxygen atoms in total. The highest BCUT2D eigenvalue weighted by Gasteiger charge is 2.14. The Hall–Kier alpha value is -2.79. The molecule has 3 aromatic rings. The van der Waals surface area contributed by atoms with Gasteiger partial charge in [-0.25, -0.2) is 4.79 Å². The van der Waals surface area contributed by atoms with Gasteiger partial charge in [-0.1, -0.05) is 11.6 Å². The van der Waals surface area contributed by atoms with Crippen LogP contribution >= 0.6 is 11.6 Å². The van der Waals surface area contributed by atoms with E-state index in [0.29, 0.717) is 27.4 Å².